The molecule has 2 aromatic heterocycles. The van der Waals surface area contributed by atoms with Gasteiger partial charge >= 0.3 is 0 Å². The molecule has 4 rings (SSSR count). The number of aryl methyl sites for hydroxylation is 4. The highest BCUT2D eigenvalue weighted by atomic mass is 16.5. The zero-order valence-corrected chi connectivity index (χ0v) is 18.2. The molecule has 0 radical (unpaired) electrons. The SMILES string of the molecule is Cc1ccc(-n2nc(C)c3c(C)c(CCC(=O)NN4CCOCC4)c(C)nc32)cc1. The lowest BCUT2D eigenvalue weighted by Crippen LogP contribution is -2.48. The number of carbonyl (C=O) groups is 1. The van der Waals surface area contributed by atoms with Crippen molar-refractivity contribution in [3.05, 3.63) is 52.3 Å². The van der Waals surface area contributed by atoms with Crippen LogP contribution in [0.2, 0.25) is 0 Å². The molecule has 0 atom stereocenters. The Balaban J connectivity index is 1.58. The largest absolute Gasteiger partial charge is 0.379 e. The third-order valence-electron chi connectivity index (χ3n) is 5.75. The molecule has 1 aromatic carbocycles. The third-order valence-corrected chi connectivity index (χ3v) is 5.75. The molecule has 0 bridgehead atoms. The van der Waals surface area contributed by atoms with Gasteiger partial charge in [0.15, 0.2) is 5.65 Å². The van der Waals surface area contributed by atoms with Crippen LogP contribution in [0.3, 0.4) is 0 Å². The van der Waals surface area contributed by atoms with Crippen molar-refractivity contribution in [3.63, 3.8) is 0 Å². The lowest BCUT2D eigenvalue weighted by atomic mass is 9.99. The lowest BCUT2D eigenvalue weighted by Gasteiger charge is -2.27. The Labute approximate surface area is 177 Å². The summed E-state index contributed by atoms with van der Waals surface area (Å²) in [6.45, 7) is 11.0. The van der Waals surface area contributed by atoms with E-state index in [1.807, 2.05) is 23.5 Å². The Hall–Kier alpha value is -2.77. The van der Waals surface area contributed by atoms with Crippen molar-refractivity contribution in [2.45, 2.75) is 40.5 Å². The van der Waals surface area contributed by atoms with Gasteiger partial charge in [-0.2, -0.15) is 5.10 Å². The van der Waals surface area contributed by atoms with Gasteiger partial charge in [0.1, 0.15) is 0 Å². The summed E-state index contributed by atoms with van der Waals surface area (Å²) >= 11 is 0. The maximum absolute atomic E-state index is 12.4. The summed E-state index contributed by atoms with van der Waals surface area (Å²) in [5.74, 6) is 0.0304. The molecule has 158 valence electrons. The van der Waals surface area contributed by atoms with Gasteiger partial charge in [-0.3, -0.25) is 10.2 Å². The van der Waals surface area contributed by atoms with Gasteiger partial charge in [-0.25, -0.2) is 14.7 Å². The molecule has 1 N–H and O–H groups in total. The number of hydrogen-bond acceptors (Lipinski definition) is 5. The topological polar surface area (TPSA) is 72.3 Å². The molecular weight excluding hydrogens is 378 g/mol. The van der Waals surface area contributed by atoms with E-state index in [1.165, 1.54) is 5.56 Å². The number of ether oxygens (including phenoxy) is 1. The molecule has 3 aromatic rings. The molecule has 7 heteroatoms. The number of pyridine rings is 1. The minimum atomic E-state index is 0.0304. The molecule has 1 saturated heterocycles. The number of benzene rings is 1. The van der Waals surface area contributed by atoms with Crippen LogP contribution in [-0.2, 0) is 16.0 Å². The summed E-state index contributed by atoms with van der Waals surface area (Å²) in [6.07, 6.45) is 1.09. The molecule has 0 aliphatic carbocycles. The molecule has 1 aliphatic rings. The van der Waals surface area contributed by atoms with E-state index in [2.05, 4.69) is 43.5 Å². The Morgan fingerprint density at radius 2 is 1.77 bits per heavy atom. The summed E-state index contributed by atoms with van der Waals surface area (Å²) < 4.78 is 7.24. The highest BCUT2D eigenvalue weighted by molar-refractivity contribution is 5.85. The van der Waals surface area contributed by atoms with Crippen LogP contribution in [0, 0.1) is 27.7 Å². The number of nitrogens with one attached hydrogen (secondary N) is 1. The number of fused-ring (bicyclic) bond motifs is 1. The van der Waals surface area contributed by atoms with Gasteiger partial charge in [-0.05, 0) is 57.4 Å². The van der Waals surface area contributed by atoms with Crippen LogP contribution in [0.4, 0.5) is 0 Å². The highest BCUT2D eigenvalue weighted by Gasteiger charge is 2.19. The molecule has 1 amide bonds. The molecular formula is C23H29N5O2. The highest BCUT2D eigenvalue weighted by Crippen LogP contribution is 2.28. The van der Waals surface area contributed by atoms with Crippen molar-refractivity contribution in [3.8, 4) is 5.69 Å². The first-order valence-electron chi connectivity index (χ1n) is 10.5. The van der Waals surface area contributed by atoms with Crippen molar-refractivity contribution in [1.82, 2.24) is 25.2 Å². The standard InChI is InChI=1S/C23H29N5O2/c1-15-5-7-19(8-6-15)28-23-22(18(4)25-28)16(2)20(17(3)24-23)9-10-21(29)26-27-11-13-30-14-12-27/h5-8H,9-14H2,1-4H3,(H,26,29). The number of nitrogens with zero attached hydrogens (tertiary/aromatic N) is 4. The first-order chi connectivity index (χ1) is 14.4. The zero-order chi connectivity index (χ0) is 21.3. The minimum Gasteiger partial charge on any atom is -0.379 e. The maximum Gasteiger partial charge on any atom is 0.234 e. The van der Waals surface area contributed by atoms with Crippen molar-refractivity contribution < 1.29 is 9.53 Å². The summed E-state index contributed by atoms with van der Waals surface area (Å²) in [5, 5.41) is 7.77. The zero-order valence-electron chi connectivity index (χ0n) is 18.2. The van der Waals surface area contributed by atoms with E-state index >= 15 is 0 Å². The Kier molecular flexibility index (Phi) is 5.83. The number of morpholine rings is 1. The van der Waals surface area contributed by atoms with Gasteiger partial charge < -0.3 is 4.74 Å². The number of hydrazine groups is 1. The fourth-order valence-corrected chi connectivity index (χ4v) is 4.09. The number of hydrogen-bond donors (Lipinski definition) is 1. The second-order valence-corrected chi connectivity index (χ2v) is 7.97. The average molecular weight is 408 g/mol. The molecule has 0 spiro atoms. The fraction of sp³-hybridized carbons (Fsp3) is 0.435. The molecule has 30 heavy (non-hydrogen) atoms. The number of aromatic nitrogens is 3. The van der Waals surface area contributed by atoms with Crippen molar-refractivity contribution >= 4 is 16.9 Å². The van der Waals surface area contributed by atoms with E-state index in [1.54, 1.807) is 0 Å². The van der Waals surface area contributed by atoms with Gasteiger partial charge in [-0.1, -0.05) is 17.7 Å². The van der Waals surface area contributed by atoms with Gasteiger partial charge in [0.05, 0.1) is 24.6 Å². The van der Waals surface area contributed by atoms with E-state index in [9.17, 15) is 4.79 Å². The second kappa shape index (κ2) is 8.53. The predicted octanol–water partition coefficient (Wildman–Crippen LogP) is 2.95. The lowest BCUT2D eigenvalue weighted by molar-refractivity contribution is -0.127. The number of rotatable bonds is 5. The van der Waals surface area contributed by atoms with Crippen LogP contribution in [0.5, 0.6) is 0 Å². The minimum absolute atomic E-state index is 0.0304. The maximum atomic E-state index is 12.4. The monoisotopic (exact) mass is 407 g/mol. The van der Waals surface area contributed by atoms with Crippen LogP contribution in [-0.4, -0.2) is 52.0 Å². The van der Waals surface area contributed by atoms with Gasteiger partial charge in [0.25, 0.3) is 0 Å². The molecule has 7 nitrogen and oxygen atoms in total. The van der Waals surface area contributed by atoms with Crippen LogP contribution in [0.15, 0.2) is 24.3 Å². The molecule has 0 unspecified atom stereocenters. The summed E-state index contributed by atoms with van der Waals surface area (Å²) in [7, 11) is 0. The van der Waals surface area contributed by atoms with E-state index in [-0.39, 0.29) is 5.91 Å². The van der Waals surface area contributed by atoms with Gasteiger partial charge in [0.2, 0.25) is 5.91 Å². The van der Waals surface area contributed by atoms with Crippen molar-refractivity contribution in [2.75, 3.05) is 26.3 Å². The summed E-state index contributed by atoms with van der Waals surface area (Å²) in [6, 6.07) is 8.30. The quantitative estimate of drug-likeness (QED) is 0.704. The van der Waals surface area contributed by atoms with Crippen LogP contribution >= 0.6 is 0 Å². The van der Waals surface area contributed by atoms with E-state index in [0.29, 0.717) is 26.1 Å². The normalized spacial score (nSPS) is 14.9. The van der Waals surface area contributed by atoms with Gasteiger partial charge in [0, 0.05) is 30.6 Å². The van der Waals surface area contributed by atoms with E-state index < -0.39 is 0 Å². The first-order valence-corrected chi connectivity index (χ1v) is 10.5. The predicted molar refractivity (Wildman–Crippen MR) is 117 cm³/mol. The molecule has 3 heterocycles. The van der Waals surface area contributed by atoms with Crippen LogP contribution in [0.1, 0.15) is 34.5 Å². The third kappa shape index (κ3) is 4.08. The number of carbonyl (C=O) groups excluding carboxylic acids is 1. The van der Waals surface area contributed by atoms with Crippen LogP contribution < -0.4 is 5.43 Å². The average Bonchev–Trinajstić information content (AvgIpc) is 3.05. The summed E-state index contributed by atoms with van der Waals surface area (Å²) in [4.78, 5) is 17.3. The van der Waals surface area contributed by atoms with E-state index in [4.69, 9.17) is 14.8 Å². The first kappa shape index (κ1) is 20.5. The smallest absolute Gasteiger partial charge is 0.234 e. The Morgan fingerprint density at radius 3 is 2.47 bits per heavy atom. The molecule has 0 saturated carbocycles. The van der Waals surface area contributed by atoms with Crippen LogP contribution in [0.25, 0.3) is 16.7 Å². The Bertz CT molecular complexity index is 1070. The summed E-state index contributed by atoms with van der Waals surface area (Å²) in [5.41, 5.74) is 10.3. The fourth-order valence-electron chi connectivity index (χ4n) is 4.09. The molecule has 1 fully saturated rings. The van der Waals surface area contributed by atoms with Crippen molar-refractivity contribution in [1.29, 1.82) is 0 Å². The van der Waals surface area contributed by atoms with E-state index in [0.717, 1.165) is 52.3 Å². The Morgan fingerprint density at radius 1 is 1.07 bits per heavy atom. The van der Waals surface area contributed by atoms with Gasteiger partial charge in [-0.15, -0.1) is 0 Å². The molecule has 1 aliphatic heterocycles. The number of amides is 1. The second-order valence-electron chi connectivity index (χ2n) is 7.97. The van der Waals surface area contributed by atoms with Crippen molar-refractivity contribution in [2.24, 2.45) is 0 Å².